The highest BCUT2D eigenvalue weighted by Crippen LogP contribution is 2.63. The van der Waals surface area contributed by atoms with Crippen LogP contribution < -0.4 is 0 Å². The van der Waals surface area contributed by atoms with Crippen LogP contribution in [0.2, 0.25) is 0 Å². The lowest BCUT2D eigenvalue weighted by molar-refractivity contribution is -0.0847. The van der Waals surface area contributed by atoms with Crippen molar-refractivity contribution in [2.75, 3.05) is 13.2 Å². The Hall–Kier alpha value is -0.340. The summed E-state index contributed by atoms with van der Waals surface area (Å²) in [6.45, 7) is 0.535. The lowest BCUT2D eigenvalue weighted by atomic mass is 9.53. The average Bonchev–Trinajstić information content (AvgIpc) is 2.63. The Kier molecular flexibility index (Phi) is 1.59. The predicted octanol–water partition coefficient (Wildman–Crippen LogP) is 0.655. The first-order valence-electron chi connectivity index (χ1n) is 5.27. The van der Waals surface area contributed by atoms with Crippen molar-refractivity contribution in [3.8, 4) is 0 Å². The summed E-state index contributed by atoms with van der Waals surface area (Å²) in [5.74, 6) is 3.59. The molecule has 13 heavy (non-hydrogen) atoms. The van der Waals surface area contributed by atoms with Gasteiger partial charge in [0.05, 0.1) is 0 Å². The molecule has 2 heteroatoms. The molecule has 0 aromatic heterocycles. The number of allylic oxidation sites excluding steroid dienone is 2. The van der Waals surface area contributed by atoms with Gasteiger partial charge in [-0.3, -0.25) is 0 Å². The van der Waals surface area contributed by atoms with Gasteiger partial charge in [0.15, 0.2) is 0 Å². The van der Waals surface area contributed by atoms with E-state index < -0.39 is 0 Å². The van der Waals surface area contributed by atoms with Gasteiger partial charge in [-0.1, -0.05) is 12.2 Å². The lowest BCUT2D eigenvalue weighted by Crippen LogP contribution is -2.52. The van der Waals surface area contributed by atoms with Crippen LogP contribution in [0.5, 0.6) is 0 Å². The average molecular weight is 180 g/mol. The molecule has 0 aromatic carbocycles. The van der Waals surface area contributed by atoms with Crippen LogP contribution in [0.4, 0.5) is 0 Å². The number of fused-ring (bicyclic) bond motifs is 5. The molecule has 0 radical (unpaired) electrons. The number of aliphatic hydroxyl groups is 2. The summed E-state index contributed by atoms with van der Waals surface area (Å²) in [6, 6.07) is 0. The van der Waals surface area contributed by atoms with E-state index in [9.17, 15) is 10.2 Å². The third kappa shape index (κ3) is 0.810. The minimum Gasteiger partial charge on any atom is -0.396 e. The SMILES string of the molecule is OCC1C(CO)[C@@H]2C3C=CC(C3)[C@@H]12. The van der Waals surface area contributed by atoms with Gasteiger partial charge in [0.1, 0.15) is 0 Å². The molecule has 0 saturated heterocycles. The molecule has 3 aliphatic carbocycles. The Morgan fingerprint density at radius 1 is 0.923 bits per heavy atom. The quantitative estimate of drug-likeness (QED) is 0.613. The van der Waals surface area contributed by atoms with E-state index in [1.54, 1.807) is 0 Å². The summed E-state index contributed by atoms with van der Waals surface area (Å²) >= 11 is 0. The molecule has 2 N–H and O–H groups in total. The fraction of sp³-hybridized carbons (Fsp3) is 0.818. The summed E-state index contributed by atoms with van der Waals surface area (Å²) in [7, 11) is 0. The Morgan fingerprint density at radius 3 is 1.77 bits per heavy atom. The first-order valence-corrected chi connectivity index (χ1v) is 5.27. The van der Waals surface area contributed by atoms with Gasteiger partial charge in [0.2, 0.25) is 0 Å². The maximum atomic E-state index is 9.23. The molecule has 0 aromatic rings. The largest absolute Gasteiger partial charge is 0.396 e. The molecule has 3 rings (SSSR count). The van der Waals surface area contributed by atoms with E-state index in [1.165, 1.54) is 6.42 Å². The van der Waals surface area contributed by atoms with Gasteiger partial charge in [0, 0.05) is 13.2 Å². The summed E-state index contributed by atoms with van der Waals surface area (Å²) in [6.07, 6.45) is 5.92. The second-order valence-electron chi connectivity index (χ2n) is 4.80. The van der Waals surface area contributed by atoms with Crippen molar-refractivity contribution >= 4 is 0 Å². The molecular weight excluding hydrogens is 164 g/mol. The minimum atomic E-state index is 0.267. The van der Waals surface area contributed by atoms with Crippen molar-refractivity contribution in [2.45, 2.75) is 6.42 Å². The second-order valence-corrected chi connectivity index (χ2v) is 4.80. The molecule has 2 fully saturated rings. The number of rotatable bonds is 2. The summed E-state index contributed by atoms with van der Waals surface area (Å²) in [5.41, 5.74) is 0. The fourth-order valence-corrected chi connectivity index (χ4v) is 4.04. The van der Waals surface area contributed by atoms with Crippen LogP contribution in [-0.4, -0.2) is 23.4 Å². The highest BCUT2D eigenvalue weighted by molar-refractivity contribution is 5.20. The molecular formula is C11H16O2. The molecule has 2 nitrogen and oxygen atoms in total. The lowest BCUT2D eigenvalue weighted by Gasteiger charge is -2.52. The monoisotopic (exact) mass is 180 g/mol. The van der Waals surface area contributed by atoms with Crippen LogP contribution in [0, 0.1) is 35.5 Å². The van der Waals surface area contributed by atoms with E-state index >= 15 is 0 Å². The van der Waals surface area contributed by atoms with Crippen molar-refractivity contribution in [1.29, 1.82) is 0 Å². The van der Waals surface area contributed by atoms with Crippen LogP contribution in [0.3, 0.4) is 0 Å². The number of hydrogen-bond acceptors (Lipinski definition) is 2. The zero-order chi connectivity index (χ0) is 9.00. The van der Waals surface area contributed by atoms with Crippen LogP contribution in [0.25, 0.3) is 0 Å². The van der Waals surface area contributed by atoms with Gasteiger partial charge in [-0.2, -0.15) is 0 Å². The van der Waals surface area contributed by atoms with E-state index in [4.69, 9.17) is 0 Å². The topological polar surface area (TPSA) is 40.5 Å². The highest BCUT2D eigenvalue weighted by atomic mass is 16.3. The maximum Gasteiger partial charge on any atom is 0.0465 e. The standard InChI is InChI=1S/C11H16O2/c12-4-8-9(5-13)11-7-2-1-6(3-7)10(8)11/h1-2,6-13H,3-5H2/t6?,7?,8?,9?,10-,11-/m0/s1. The molecule has 4 unspecified atom stereocenters. The Labute approximate surface area is 78.3 Å². The molecule has 0 aliphatic heterocycles. The number of aliphatic hydroxyl groups excluding tert-OH is 2. The Balaban J connectivity index is 1.86. The molecule has 2 bridgehead atoms. The molecule has 6 atom stereocenters. The second kappa shape index (κ2) is 2.58. The van der Waals surface area contributed by atoms with E-state index in [0.717, 1.165) is 11.8 Å². The normalized spacial score (nSPS) is 56.5. The third-order valence-corrected chi connectivity index (χ3v) is 4.54. The maximum absolute atomic E-state index is 9.23. The van der Waals surface area contributed by atoms with Crippen molar-refractivity contribution in [1.82, 2.24) is 0 Å². The van der Waals surface area contributed by atoms with E-state index in [0.29, 0.717) is 23.7 Å². The van der Waals surface area contributed by atoms with Crippen LogP contribution in [0.15, 0.2) is 12.2 Å². The first-order chi connectivity index (χ1) is 6.36. The summed E-state index contributed by atoms with van der Waals surface area (Å²) in [4.78, 5) is 0. The molecule has 0 spiro atoms. The molecule has 0 amide bonds. The third-order valence-electron chi connectivity index (χ3n) is 4.54. The molecule has 0 heterocycles. The van der Waals surface area contributed by atoms with Crippen molar-refractivity contribution < 1.29 is 10.2 Å². The van der Waals surface area contributed by atoms with Crippen LogP contribution in [0.1, 0.15) is 6.42 Å². The molecule has 72 valence electrons. The highest BCUT2D eigenvalue weighted by Gasteiger charge is 2.60. The van der Waals surface area contributed by atoms with Gasteiger partial charge in [0.25, 0.3) is 0 Å². The van der Waals surface area contributed by atoms with E-state index in [-0.39, 0.29) is 13.2 Å². The van der Waals surface area contributed by atoms with E-state index in [2.05, 4.69) is 12.2 Å². The zero-order valence-electron chi connectivity index (χ0n) is 7.63. The fourth-order valence-electron chi connectivity index (χ4n) is 4.04. The first kappa shape index (κ1) is 8.01. The molecule has 2 saturated carbocycles. The molecule has 3 aliphatic rings. The zero-order valence-corrected chi connectivity index (χ0v) is 7.63. The predicted molar refractivity (Wildman–Crippen MR) is 48.9 cm³/mol. The van der Waals surface area contributed by atoms with Crippen LogP contribution in [-0.2, 0) is 0 Å². The smallest absolute Gasteiger partial charge is 0.0465 e. The van der Waals surface area contributed by atoms with Crippen molar-refractivity contribution in [3.05, 3.63) is 12.2 Å². The number of hydrogen-bond donors (Lipinski definition) is 2. The minimum absolute atomic E-state index is 0.267. The Morgan fingerprint density at radius 2 is 1.38 bits per heavy atom. The summed E-state index contributed by atoms with van der Waals surface area (Å²) in [5, 5.41) is 18.5. The van der Waals surface area contributed by atoms with Crippen molar-refractivity contribution in [3.63, 3.8) is 0 Å². The van der Waals surface area contributed by atoms with Gasteiger partial charge < -0.3 is 10.2 Å². The van der Waals surface area contributed by atoms with Crippen LogP contribution >= 0.6 is 0 Å². The summed E-state index contributed by atoms with van der Waals surface area (Å²) < 4.78 is 0. The van der Waals surface area contributed by atoms with Gasteiger partial charge in [-0.15, -0.1) is 0 Å². The Bertz CT molecular complexity index is 224. The van der Waals surface area contributed by atoms with E-state index in [1.807, 2.05) is 0 Å². The van der Waals surface area contributed by atoms with Gasteiger partial charge in [-0.05, 0) is 41.9 Å². The van der Waals surface area contributed by atoms with Gasteiger partial charge in [-0.25, -0.2) is 0 Å². The van der Waals surface area contributed by atoms with Gasteiger partial charge >= 0.3 is 0 Å². The van der Waals surface area contributed by atoms with Crippen molar-refractivity contribution in [2.24, 2.45) is 35.5 Å².